The molecular formula is C18H13Cl2F3N2. The quantitative estimate of drug-likeness (QED) is 0.680. The van der Waals surface area contributed by atoms with Crippen LogP contribution in [0.1, 0.15) is 16.7 Å². The molecule has 1 heterocycles. The highest BCUT2D eigenvalue weighted by molar-refractivity contribution is 6.42. The van der Waals surface area contributed by atoms with E-state index in [0.717, 1.165) is 17.7 Å². The highest BCUT2D eigenvalue weighted by Gasteiger charge is 2.31. The first kappa shape index (κ1) is 17.8. The summed E-state index contributed by atoms with van der Waals surface area (Å²) in [5.41, 5.74) is 1.61. The predicted octanol–water partition coefficient (Wildman–Crippen LogP) is 5.94. The standard InChI is InChI=1S/C18H13Cl2F3N2/c19-14-4-1-11(9-15(14)20)2-5-16-13-10-12(18(21,22)23)3-6-17(13)25-8-7-24-16/h1-6,9-10,25H,7-8H2. The molecule has 1 aliphatic heterocycles. The van der Waals surface area contributed by atoms with E-state index < -0.39 is 11.7 Å². The Morgan fingerprint density at radius 1 is 1.00 bits per heavy atom. The summed E-state index contributed by atoms with van der Waals surface area (Å²) in [5.74, 6) is 0. The molecule has 0 fully saturated rings. The minimum atomic E-state index is -4.40. The van der Waals surface area contributed by atoms with Crippen molar-refractivity contribution in [2.45, 2.75) is 6.18 Å². The number of benzodiazepines with no additional fused rings is 1. The van der Waals surface area contributed by atoms with Crippen molar-refractivity contribution in [1.29, 1.82) is 0 Å². The zero-order valence-corrected chi connectivity index (χ0v) is 14.4. The molecule has 0 amide bonds. The van der Waals surface area contributed by atoms with Crippen molar-refractivity contribution in [3.63, 3.8) is 0 Å². The number of hydrogen-bond donors (Lipinski definition) is 1. The number of nitrogens with zero attached hydrogens (tertiary/aromatic N) is 1. The monoisotopic (exact) mass is 384 g/mol. The number of benzene rings is 2. The number of fused-ring (bicyclic) bond motifs is 1. The van der Waals surface area contributed by atoms with E-state index >= 15 is 0 Å². The maximum atomic E-state index is 13.0. The van der Waals surface area contributed by atoms with Gasteiger partial charge in [0, 0.05) is 17.8 Å². The fourth-order valence-electron chi connectivity index (χ4n) is 2.47. The molecule has 0 atom stereocenters. The molecule has 1 aliphatic rings. The average molecular weight is 385 g/mol. The van der Waals surface area contributed by atoms with Gasteiger partial charge in [0.15, 0.2) is 0 Å². The van der Waals surface area contributed by atoms with Crippen molar-refractivity contribution >= 4 is 40.7 Å². The number of aliphatic imine (C=N–C) groups is 1. The van der Waals surface area contributed by atoms with Crippen LogP contribution in [-0.4, -0.2) is 18.8 Å². The molecular weight excluding hydrogens is 372 g/mol. The third-order valence-electron chi connectivity index (χ3n) is 3.71. The molecule has 7 heteroatoms. The van der Waals surface area contributed by atoms with Crippen LogP contribution in [0.15, 0.2) is 47.5 Å². The zero-order chi connectivity index (χ0) is 18.0. The van der Waals surface area contributed by atoms with Crippen LogP contribution in [0.3, 0.4) is 0 Å². The van der Waals surface area contributed by atoms with Gasteiger partial charge in [0.1, 0.15) is 0 Å². The highest BCUT2D eigenvalue weighted by atomic mass is 35.5. The Morgan fingerprint density at radius 2 is 1.80 bits per heavy atom. The molecule has 0 aliphatic carbocycles. The van der Waals surface area contributed by atoms with Crippen LogP contribution in [0.4, 0.5) is 18.9 Å². The van der Waals surface area contributed by atoms with Gasteiger partial charge in [-0.1, -0.05) is 35.3 Å². The number of alkyl halides is 3. The second-order valence-corrected chi connectivity index (χ2v) is 6.27. The molecule has 3 rings (SSSR count). The van der Waals surface area contributed by atoms with E-state index in [1.165, 1.54) is 6.07 Å². The topological polar surface area (TPSA) is 24.4 Å². The average Bonchev–Trinajstić information content (AvgIpc) is 2.77. The number of hydrogen-bond acceptors (Lipinski definition) is 2. The largest absolute Gasteiger partial charge is 0.416 e. The Balaban J connectivity index is 1.98. The van der Waals surface area contributed by atoms with Gasteiger partial charge < -0.3 is 5.32 Å². The van der Waals surface area contributed by atoms with Gasteiger partial charge in [-0.05, 0) is 42.0 Å². The maximum Gasteiger partial charge on any atom is 0.416 e. The molecule has 25 heavy (non-hydrogen) atoms. The van der Waals surface area contributed by atoms with E-state index in [4.69, 9.17) is 23.2 Å². The van der Waals surface area contributed by atoms with E-state index in [9.17, 15) is 13.2 Å². The summed E-state index contributed by atoms with van der Waals surface area (Å²) in [6.07, 6.45) is -0.970. The van der Waals surface area contributed by atoms with Gasteiger partial charge in [-0.2, -0.15) is 13.2 Å². The number of allylic oxidation sites excluding steroid dienone is 1. The van der Waals surface area contributed by atoms with E-state index in [1.807, 2.05) is 0 Å². The summed E-state index contributed by atoms with van der Waals surface area (Å²) in [5, 5.41) is 3.94. The third kappa shape index (κ3) is 4.17. The lowest BCUT2D eigenvalue weighted by molar-refractivity contribution is -0.137. The zero-order valence-electron chi connectivity index (χ0n) is 12.9. The van der Waals surface area contributed by atoms with Crippen molar-refractivity contribution in [3.8, 4) is 0 Å². The van der Waals surface area contributed by atoms with Crippen LogP contribution in [0, 0.1) is 0 Å². The molecule has 0 saturated carbocycles. The van der Waals surface area contributed by atoms with Crippen molar-refractivity contribution in [1.82, 2.24) is 0 Å². The smallest absolute Gasteiger partial charge is 0.383 e. The maximum absolute atomic E-state index is 13.0. The molecule has 0 spiro atoms. The van der Waals surface area contributed by atoms with E-state index in [-0.39, 0.29) is 0 Å². The lowest BCUT2D eigenvalue weighted by Gasteiger charge is -2.12. The van der Waals surface area contributed by atoms with E-state index in [2.05, 4.69) is 10.3 Å². The van der Waals surface area contributed by atoms with Crippen molar-refractivity contribution in [3.05, 3.63) is 69.2 Å². The molecule has 0 aromatic heterocycles. The second-order valence-electron chi connectivity index (χ2n) is 5.46. The molecule has 2 aromatic rings. The summed E-state index contributed by atoms with van der Waals surface area (Å²) in [6.45, 7) is 1.03. The van der Waals surface area contributed by atoms with Gasteiger partial charge in [-0.15, -0.1) is 0 Å². The summed E-state index contributed by atoms with van der Waals surface area (Å²) < 4.78 is 39.0. The van der Waals surface area contributed by atoms with Gasteiger partial charge in [0.05, 0.1) is 27.9 Å². The minimum absolute atomic E-state index is 0.410. The van der Waals surface area contributed by atoms with Gasteiger partial charge in [-0.25, -0.2) is 0 Å². The third-order valence-corrected chi connectivity index (χ3v) is 4.45. The number of nitrogens with one attached hydrogen (secondary N) is 1. The Bertz CT molecular complexity index is 858. The first-order valence-corrected chi connectivity index (χ1v) is 8.23. The Hall–Kier alpha value is -1.98. The van der Waals surface area contributed by atoms with Gasteiger partial charge >= 0.3 is 6.18 Å². The summed E-state index contributed by atoms with van der Waals surface area (Å²) in [6, 6.07) is 8.74. The molecule has 2 nitrogen and oxygen atoms in total. The molecule has 130 valence electrons. The van der Waals surface area contributed by atoms with Crippen LogP contribution < -0.4 is 5.32 Å². The molecule has 2 aromatic carbocycles. The lowest BCUT2D eigenvalue weighted by Crippen LogP contribution is -2.09. The number of halogens is 5. The van der Waals surface area contributed by atoms with Crippen molar-refractivity contribution in [2.75, 3.05) is 18.4 Å². The van der Waals surface area contributed by atoms with E-state index in [0.29, 0.717) is 40.1 Å². The number of anilines is 1. The van der Waals surface area contributed by atoms with Gasteiger partial charge in [0.2, 0.25) is 0 Å². The summed E-state index contributed by atoms with van der Waals surface area (Å²) in [4.78, 5) is 4.38. The normalized spacial score (nSPS) is 14.7. The SMILES string of the molecule is FC(F)(F)c1ccc2c(c1)C(C=Cc1ccc(Cl)c(Cl)c1)=NCCN2. The molecule has 0 bridgehead atoms. The van der Waals surface area contributed by atoms with Crippen LogP contribution in [-0.2, 0) is 6.18 Å². The van der Waals surface area contributed by atoms with Crippen molar-refractivity contribution < 1.29 is 13.2 Å². The van der Waals surface area contributed by atoms with Crippen molar-refractivity contribution in [2.24, 2.45) is 4.99 Å². The predicted molar refractivity (Wildman–Crippen MR) is 96.8 cm³/mol. The Kier molecular flexibility index (Phi) is 5.06. The fourth-order valence-corrected chi connectivity index (χ4v) is 2.78. The van der Waals surface area contributed by atoms with Crippen LogP contribution >= 0.6 is 23.2 Å². The highest BCUT2D eigenvalue weighted by Crippen LogP contribution is 2.33. The molecule has 1 N–H and O–H groups in total. The lowest BCUT2D eigenvalue weighted by atomic mass is 10.0. The first-order chi connectivity index (χ1) is 11.8. The summed E-state index contributed by atoms with van der Waals surface area (Å²) >= 11 is 11.9. The Morgan fingerprint density at radius 3 is 2.52 bits per heavy atom. The Labute approximate surface area is 153 Å². The molecule has 0 radical (unpaired) electrons. The number of rotatable bonds is 2. The second kappa shape index (κ2) is 7.10. The van der Waals surface area contributed by atoms with Crippen LogP contribution in [0.5, 0.6) is 0 Å². The molecule has 0 unspecified atom stereocenters. The van der Waals surface area contributed by atoms with Crippen LogP contribution in [0.25, 0.3) is 6.08 Å². The van der Waals surface area contributed by atoms with Gasteiger partial charge in [0.25, 0.3) is 0 Å². The van der Waals surface area contributed by atoms with Crippen LogP contribution in [0.2, 0.25) is 10.0 Å². The van der Waals surface area contributed by atoms with Gasteiger partial charge in [-0.3, -0.25) is 4.99 Å². The first-order valence-electron chi connectivity index (χ1n) is 7.48. The minimum Gasteiger partial charge on any atom is -0.383 e. The summed E-state index contributed by atoms with van der Waals surface area (Å²) in [7, 11) is 0. The fraction of sp³-hybridized carbons (Fsp3) is 0.167. The van der Waals surface area contributed by atoms with E-state index in [1.54, 1.807) is 30.4 Å². The molecule has 0 saturated heterocycles.